The van der Waals surface area contributed by atoms with Crippen LogP contribution in [0.3, 0.4) is 0 Å². The minimum absolute atomic E-state index is 0.0222. The van der Waals surface area contributed by atoms with Crippen molar-refractivity contribution in [3.63, 3.8) is 0 Å². The van der Waals surface area contributed by atoms with Gasteiger partial charge < -0.3 is 30.8 Å². The van der Waals surface area contributed by atoms with Crippen molar-refractivity contribution >= 4 is 41.0 Å². The number of methoxy groups -OCH3 is 2. The van der Waals surface area contributed by atoms with E-state index in [-0.39, 0.29) is 11.9 Å². The SMILES string of the molecule is CNCc1cc(Cl)c(CNc2cccc(-c3cccc(-c4cc(F)c(CC5CCC(=O)N5)c(OC)c4)c3Cl)c2C=N)cc1OC. The number of rotatable bonds is 12. The summed E-state index contributed by atoms with van der Waals surface area (Å²) in [6.45, 7) is 1.03. The Bertz CT molecular complexity index is 1750. The molecule has 4 aromatic carbocycles. The molecule has 0 aromatic heterocycles. The second kappa shape index (κ2) is 14.3. The van der Waals surface area contributed by atoms with Crippen LogP contribution < -0.4 is 25.4 Å². The average molecular weight is 650 g/mol. The zero-order chi connectivity index (χ0) is 32.1. The third kappa shape index (κ3) is 6.93. The third-order valence-corrected chi connectivity index (χ3v) is 8.81. The number of hydrogen-bond acceptors (Lipinski definition) is 6. The fraction of sp³-hybridized carbons (Fsp3) is 0.257. The number of amides is 1. The molecule has 0 saturated carbocycles. The highest BCUT2D eigenvalue weighted by Gasteiger charge is 2.25. The van der Waals surface area contributed by atoms with E-state index < -0.39 is 5.82 Å². The number of hydrogen-bond donors (Lipinski definition) is 4. The molecule has 7 nitrogen and oxygen atoms in total. The van der Waals surface area contributed by atoms with E-state index in [2.05, 4.69) is 16.0 Å². The van der Waals surface area contributed by atoms with Crippen LogP contribution in [0.1, 0.15) is 35.1 Å². The highest BCUT2D eigenvalue weighted by atomic mass is 35.5. The second-order valence-corrected chi connectivity index (χ2v) is 11.6. The maximum atomic E-state index is 15.5. The molecule has 0 spiro atoms. The van der Waals surface area contributed by atoms with E-state index in [0.717, 1.165) is 28.1 Å². The summed E-state index contributed by atoms with van der Waals surface area (Å²) in [4.78, 5) is 11.7. The minimum atomic E-state index is -0.423. The summed E-state index contributed by atoms with van der Waals surface area (Å²) in [6.07, 6.45) is 2.73. The van der Waals surface area contributed by atoms with Gasteiger partial charge in [0.1, 0.15) is 17.3 Å². The van der Waals surface area contributed by atoms with Crippen molar-refractivity contribution in [3.8, 4) is 33.8 Å². The predicted octanol–water partition coefficient (Wildman–Crippen LogP) is 7.63. The van der Waals surface area contributed by atoms with Gasteiger partial charge in [-0.1, -0.05) is 53.5 Å². The number of carbonyl (C=O) groups excluding carboxylic acids is 1. The van der Waals surface area contributed by atoms with E-state index >= 15 is 4.39 Å². The van der Waals surface area contributed by atoms with Gasteiger partial charge in [-0.05, 0) is 66.9 Å². The van der Waals surface area contributed by atoms with E-state index in [9.17, 15) is 4.79 Å². The van der Waals surface area contributed by atoms with Crippen LogP contribution in [-0.2, 0) is 24.3 Å². The Hall–Kier alpha value is -4.11. The molecule has 1 fully saturated rings. The van der Waals surface area contributed by atoms with Crippen molar-refractivity contribution in [1.29, 1.82) is 5.41 Å². The molecule has 1 amide bonds. The van der Waals surface area contributed by atoms with Gasteiger partial charge in [-0.2, -0.15) is 0 Å². The Labute approximate surface area is 272 Å². The standard InChI is InChI=1S/C35H35Cl2FN4O3/c1-40-18-22-12-29(36)21(15-32(22)44-2)19-41-31-9-5-7-25(28(31)17-39)26-8-4-6-24(35(26)37)20-13-30(38)27(33(14-20)45-3)16-23-10-11-34(43)42-23/h4-9,12-15,17,23,39-41H,10-11,16,18-19H2,1-3H3,(H,42,43). The molecular formula is C35H35Cl2FN4O3. The lowest BCUT2D eigenvalue weighted by molar-refractivity contribution is -0.119. The first-order valence-corrected chi connectivity index (χ1v) is 15.4. The molecule has 45 heavy (non-hydrogen) atoms. The largest absolute Gasteiger partial charge is 0.496 e. The Morgan fingerprint density at radius 3 is 2.40 bits per heavy atom. The van der Waals surface area contributed by atoms with E-state index in [1.807, 2.05) is 55.6 Å². The second-order valence-electron chi connectivity index (χ2n) is 10.9. The first kappa shape index (κ1) is 32.3. The Morgan fingerprint density at radius 1 is 0.978 bits per heavy atom. The zero-order valence-corrected chi connectivity index (χ0v) is 26.8. The van der Waals surface area contributed by atoms with Crippen LogP contribution in [0.5, 0.6) is 11.5 Å². The van der Waals surface area contributed by atoms with Crippen LogP contribution in [0.25, 0.3) is 22.3 Å². The molecule has 1 aliphatic rings. The van der Waals surface area contributed by atoms with Gasteiger partial charge in [-0.25, -0.2) is 4.39 Å². The molecule has 1 aliphatic heterocycles. The normalized spacial score (nSPS) is 14.3. The number of halogens is 3. The maximum Gasteiger partial charge on any atom is 0.220 e. The molecule has 10 heteroatoms. The fourth-order valence-corrected chi connectivity index (χ4v) is 6.37. The fourth-order valence-electron chi connectivity index (χ4n) is 5.78. The van der Waals surface area contributed by atoms with Crippen molar-refractivity contribution < 1.29 is 18.7 Å². The number of nitrogens with one attached hydrogen (secondary N) is 4. The number of anilines is 1. The lowest BCUT2D eigenvalue weighted by Crippen LogP contribution is -2.27. The summed E-state index contributed by atoms with van der Waals surface area (Å²) in [5, 5.41) is 18.7. The summed E-state index contributed by atoms with van der Waals surface area (Å²) in [6, 6.07) is 18.2. The molecule has 234 valence electrons. The van der Waals surface area contributed by atoms with Gasteiger partial charge in [0.15, 0.2) is 0 Å². The van der Waals surface area contributed by atoms with Crippen LogP contribution in [0.2, 0.25) is 10.0 Å². The summed E-state index contributed by atoms with van der Waals surface area (Å²) in [5.74, 6) is 0.688. The zero-order valence-electron chi connectivity index (χ0n) is 25.3. The molecule has 0 radical (unpaired) electrons. The van der Waals surface area contributed by atoms with Gasteiger partial charge in [0.25, 0.3) is 0 Å². The van der Waals surface area contributed by atoms with Crippen molar-refractivity contribution in [3.05, 3.63) is 98.8 Å². The maximum absolute atomic E-state index is 15.5. The van der Waals surface area contributed by atoms with Crippen molar-refractivity contribution in [2.45, 2.75) is 38.4 Å². The average Bonchev–Trinajstić information content (AvgIpc) is 3.45. The van der Waals surface area contributed by atoms with Crippen molar-refractivity contribution in [2.24, 2.45) is 0 Å². The molecule has 4 aromatic rings. The van der Waals surface area contributed by atoms with Crippen LogP contribution in [0.4, 0.5) is 10.1 Å². The Balaban J connectivity index is 1.46. The quantitative estimate of drug-likeness (QED) is 0.118. The van der Waals surface area contributed by atoms with E-state index in [1.54, 1.807) is 13.2 Å². The van der Waals surface area contributed by atoms with Gasteiger partial charge in [0.2, 0.25) is 5.91 Å². The number of ether oxygens (including phenoxy) is 2. The van der Waals surface area contributed by atoms with E-state index in [4.69, 9.17) is 38.1 Å². The molecule has 1 atom stereocenters. The first-order valence-electron chi connectivity index (χ1n) is 14.6. The van der Waals surface area contributed by atoms with Gasteiger partial charge in [0, 0.05) is 70.3 Å². The van der Waals surface area contributed by atoms with Gasteiger partial charge >= 0.3 is 0 Å². The number of benzene rings is 4. The Kier molecular flexibility index (Phi) is 10.3. The monoisotopic (exact) mass is 648 g/mol. The Morgan fingerprint density at radius 2 is 1.71 bits per heavy atom. The summed E-state index contributed by atoms with van der Waals surface area (Å²) >= 11 is 13.6. The lowest BCUT2D eigenvalue weighted by atomic mass is 9.93. The first-order chi connectivity index (χ1) is 21.8. The predicted molar refractivity (Wildman–Crippen MR) is 180 cm³/mol. The van der Waals surface area contributed by atoms with Crippen LogP contribution >= 0.6 is 23.2 Å². The molecule has 1 heterocycles. The molecule has 5 rings (SSSR count). The summed E-state index contributed by atoms with van der Waals surface area (Å²) in [7, 11) is 4.99. The summed E-state index contributed by atoms with van der Waals surface area (Å²) < 4.78 is 26.7. The highest BCUT2D eigenvalue weighted by Crippen LogP contribution is 2.41. The molecule has 0 bridgehead atoms. The van der Waals surface area contributed by atoms with E-state index in [1.165, 1.54) is 19.4 Å². The van der Waals surface area contributed by atoms with Gasteiger partial charge in [-0.15, -0.1) is 0 Å². The van der Waals surface area contributed by atoms with Gasteiger partial charge in [0.05, 0.1) is 19.2 Å². The van der Waals surface area contributed by atoms with Crippen LogP contribution in [0.15, 0.2) is 60.7 Å². The highest BCUT2D eigenvalue weighted by molar-refractivity contribution is 6.36. The topological polar surface area (TPSA) is 95.5 Å². The van der Waals surface area contributed by atoms with Gasteiger partial charge in [-0.3, -0.25) is 4.79 Å². The third-order valence-electron chi connectivity index (χ3n) is 8.05. The minimum Gasteiger partial charge on any atom is -0.496 e. The molecule has 1 unspecified atom stereocenters. The molecule has 1 saturated heterocycles. The molecular weight excluding hydrogens is 614 g/mol. The van der Waals surface area contributed by atoms with Crippen molar-refractivity contribution in [1.82, 2.24) is 10.6 Å². The van der Waals surface area contributed by atoms with Crippen molar-refractivity contribution in [2.75, 3.05) is 26.6 Å². The number of carbonyl (C=O) groups is 1. The van der Waals surface area contributed by atoms with Crippen LogP contribution in [0, 0.1) is 11.2 Å². The lowest BCUT2D eigenvalue weighted by Gasteiger charge is -2.18. The van der Waals surface area contributed by atoms with Crippen LogP contribution in [-0.4, -0.2) is 39.4 Å². The van der Waals surface area contributed by atoms with E-state index in [0.29, 0.717) is 76.0 Å². The molecule has 4 N–H and O–H groups in total. The smallest absolute Gasteiger partial charge is 0.220 e. The summed E-state index contributed by atoms with van der Waals surface area (Å²) in [5.41, 5.74) is 6.23. The molecule has 0 aliphatic carbocycles.